The first-order valence-corrected chi connectivity index (χ1v) is 6.01. The highest BCUT2D eigenvalue weighted by molar-refractivity contribution is 6.31. The summed E-state index contributed by atoms with van der Waals surface area (Å²) in [6, 6.07) is 8.04. The van der Waals surface area contributed by atoms with Crippen LogP contribution in [0.15, 0.2) is 18.2 Å². The summed E-state index contributed by atoms with van der Waals surface area (Å²) in [5.41, 5.74) is 1.66. The molecular weight excluding hydrogens is 220 g/mol. The molecule has 2 nitrogen and oxygen atoms in total. The van der Waals surface area contributed by atoms with Gasteiger partial charge in [0.1, 0.15) is 0 Å². The maximum atomic E-state index is 8.72. The van der Waals surface area contributed by atoms with Crippen molar-refractivity contribution >= 4 is 11.6 Å². The lowest BCUT2D eigenvalue weighted by Crippen LogP contribution is -2.27. The molecule has 0 amide bonds. The Bertz CT molecular complexity index is 378. The van der Waals surface area contributed by atoms with E-state index in [1.807, 2.05) is 6.07 Å². The first kappa shape index (κ1) is 13.0. The Hall–Kier alpha value is -1.04. The predicted octanol–water partition coefficient (Wildman–Crippen LogP) is 3.49. The van der Waals surface area contributed by atoms with E-state index in [1.165, 1.54) is 0 Å². The average Bonchev–Trinajstić information content (AvgIpc) is 2.32. The van der Waals surface area contributed by atoms with Crippen LogP contribution in [-0.4, -0.2) is 6.04 Å². The van der Waals surface area contributed by atoms with Gasteiger partial charge in [-0.15, -0.1) is 0 Å². The molecule has 0 saturated carbocycles. The van der Waals surface area contributed by atoms with Crippen molar-refractivity contribution in [2.24, 2.45) is 0 Å². The fourth-order valence-electron chi connectivity index (χ4n) is 1.59. The minimum Gasteiger partial charge on any atom is -0.310 e. The molecule has 3 heteroatoms. The van der Waals surface area contributed by atoms with E-state index in [1.54, 1.807) is 12.1 Å². The Balaban J connectivity index is 2.65. The Kier molecular flexibility index (Phi) is 5.31. The van der Waals surface area contributed by atoms with Crippen LogP contribution in [-0.2, 0) is 6.54 Å². The zero-order valence-corrected chi connectivity index (χ0v) is 10.5. The van der Waals surface area contributed by atoms with E-state index in [2.05, 4.69) is 25.2 Å². The fourth-order valence-corrected chi connectivity index (χ4v) is 1.84. The molecule has 1 rings (SSSR count). The first-order chi connectivity index (χ1) is 7.71. The number of hydrogen-bond acceptors (Lipinski definition) is 2. The topological polar surface area (TPSA) is 35.8 Å². The highest BCUT2D eigenvalue weighted by Crippen LogP contribution is 2.17. The second-order valence-corrected chi connectivity index (χ2v) is 4.22. The molecule has 86 valence electrons. The van der Waals surface area contributed by atoms with Gasteiger partial charge in [0.25, 0.3) is 0 Å². The Morgan fingerprint density at radius 1 is 1.38 bits per heavy atom. The first-order valence-electron chi connectivity index (χ1n) is 5.63. The lowest BCUT2D eigenvalue weighted by molar-refractivity contribution is 0.484. The summed E-state index contributed by atoms with van der Waals surface area (Å²) in [5, 5.41) is 12.8. The highest BCUT2D eigenvalue weighted by atomic mass is 35.5. The van der Waals surface area contributed by atoms with E-state index in [4.69, 9.17) is 16.9 Å². The third-order valence-corrected chi connectivity index (χ3v) is 3.10. The minimum absolute atomic E-state index is 0.534. The van der Waals surface area contributed by atoms with E-state index >= 15 is 0 Å². The monoisotopic (exact) mass is 236 g/mol. The molecule has 0 aliphatic rings. The molecule has 0 unspecified atom stereocenters. The molecule has 0 spiro atoms. The number of halogens is 1. The molecule has 0 bridgehead atoms. The molecule has 0 fully saturated rings. The van der Waals surface area contributed by atoms with Crippen LogP contribution in [0.3, 0.4) is 0 Å². The van der Waals surface area contributed by atoms with Gasteiger partial charge in [-0.2, -0.15) is 5.26 Å². The Labute approximate surface area is 102 Å². The van der Waals surface area contributed by atoms with E-state index < -0.39 is 0 Å². The average molecular weight is 237 g/mol. The maximum absolute atomic E-state index is 8.72. The van der Waals surface area contributed by atoms with Crippen LogP contribution in [0.5, 0.6) is 0 Å². The molecule has 0 aliphatic carbocycles. The summed E-state index contributed by atoms with van der Waals surface area (Å²) in [6.45, 7) is 5.10. The van der Waals surface area contributed by atoms with Gasteiger partial charge in [-0.25, -0.2) is 0 Å². The summed E-state index contributed by atoms with van der Waals surface area (Å²) < 4.78 is 0. The molecule has 0 heterocycles. The number of nitrogens with one attached hydrogen (secondary N) is 1. The molecule has 0 atom stereocenters. The van der Waals surface area contributed by atoms with Crippen molar-refractivity contribution in [1.82, 2.24) is 5.32 Å². The SMILES string of the molecule is CCC(CC)NCc1ccc(C#N)cc1Cl. The number of nitrogens with zero attached hydrogens (tertiary/aromatic N) is 1. The van der Waals surface area contributed by atoms with Crippen molar-refractivity contribution in [2.45, 2.75) is 39.3 Å². The van der Waals surface area contributed by atoms with Crippen LogP contribution in [0.4, 0.5) is 0 Å². The zero-order valence-electron chi connectivity index (χ0n) is 9.76. The molecule has 16 heavy (non-hydrogen) atoms. The highest BCUT2D eigenvalue weighted by Gasteiger charge is 2.05. The smallest absolute Gasteiger partial charge is 0.0992 e. The van der Waals surface area contributed by atoms with Crippen LogP contribution in [0, 0.1) is 11.3 Å². The zero-order chi connectivity index (χ0) is 12.0. The standard InChI is InChI=1S/C13H17ClN2/c1-3-12(4-2)16-9-11-6-5-10(8-15)7-13(11)14/h5-7,12,16H,3-4,9H2,1-2H3. The molecule has 0 aromatic heterocycles. The van der Waals surface area contributed by atoms with Crippen LogP contribution in [0.1, 0.15) is 37.8 Å². The van der Waals surface area contributed by atoms with Crippen LogP contribution in [0.2, 0.25) is 5.02 Å². The molecule has 1 aromatic carbocycles. The summed E-state index contributed by atoms with van der Waals surface area (Å²) in [6.07, 6.45) is 2.23. The van der Waals surface area contributed by atoms with Gasteiger partial charge < -0.3 is 5.32 Å². The lowest BCUT2D eigenvalue weighted by atomic mass is 10.1. The second-order valence-electron chi connectivity index (χ2n) is 3.81. The van der Waals surface area contributed by atoms with Gasteiger partial charge in [0.2, 0.25) is 0 Å². The molecule has 1 N–H and O–H groups in total. The number of nitriles is 1. The van der Waals surface area contributed by atoms with Gasteiger partial charge in [-0.1, -0.05) is 31.5 Å². The summed E-state index contributed by atoms with van der Waals surface area (Å²) in [4.78, 5) is 0. The predicted molar refractivity (Wildman–Crippen MR) is 67.4 cm³/mol. The van der Waals surface area contributed by atoms with Gasteiger partial charge >= 0.3 is 0 Å². The van der Waals surface area contributed by atoms with Crippen molar-refractivity contribution in [1.29, 1.82) is 5.26 Å². The van der Waals surface area contributed by atoms with Gasteiger partial charge in [-0.05, 0) is 30.5 Å². The van der Waals surface area contributed by atoms with Crippen LogP contribution < -0.4 is 5.32 Å². The quantitative estimate of drug-likeness (QED) is 0.850. The maximum Gasteiger partial charge on any atom is 0.0992 e. The fraction of sp³-hybridized carbons (Fsp3) is 0.462. The Morgan fingerprint density at radius 2 is 2.06 bits per heavy atom. The number of rotatable bonds is 5. The minimum atomic E-state index is 0.534. The van der Waals surface area contributed by atoms with Crippen LogP contribution >= 0.6 is 11.6 Å². The van der Waals surface area contributed by atoms with Gasteiger partial charge in [0.15, 0.2) is 0 Å². The van der Waals surface area contributed by atoms with Crippen molar-refractivity contribution in [2.75, 3.05) is 0 Å². The molecule has 0 aliphatic heterocycles. The van der Waals surface area contributed by atoms with Crippen molar-refractivity contribution in [3.63, 3.8) is 0 Å². The molecule has 0 radical (unpaired) electrons. The Morgan fingerprint density at radius 3 is 2.56 bits per heavy atom. The number of hydrogen-bond donors (Lipinski definition) is 1. The van der Waals surface area contributed by atoms with Crippen molar-refractivity contribution in [3.8, 4) is 6.07 Å². The normalized spacial score (nSPS) is 10.4. The lowest BCUT2D eigenvalue weighted by Gasteiger charge is -2.15. The summed E-state index contributed by atoms with van der Waals surface area (Å²) in [5.74, 6) is 0. The van der Waals surface area contributed by atoms with E-state index in [0.717, 1.165) is 24.9 Å². The van der Waals surface area contributed by atoms with E-state index in [0.29, 0.717) is 16.6 Å². The summed E-state index contributed by atoms with van der Waals surface area (Å²) in [7, 11) is 0. The summed E-state index contributed by atoms with van der Waals surface area (Å²) >= 11 is 6.09. The van der Waals surface area contributed by atoms with E-state index in [-0.39, 0.29) is 0 Å². The van der Waals surface area contributed by atoms with Crippen molar-refractivity contribution < 1.29 is 0 Å². The third kappa shape index (κ3) is 3.52. The second kappa shape index (κ2) is 6.52. The van der Waals surface area contributed by atoms with E-state index in [9.17, 15) is 0 Å². The van der Waals surface area contributed by atoms with Gasteiger partial charge in [0.05, 0.1) is 11.6 Å². The van der Waals surface area contributed by atoms with Gasteiger partial charge in [-0.3, -0.25) is 0 Å². The molecule has 0 saturated heterocycles. The largest absolute Gasteiger partial charge is 0.310 e. The van der Waals surface area contributed by atoms with Crippen molar-refractivity contribution in [3.05, 3.63) is 34.3 Å². The molecule has 1 aromatic rings. The van der Waals surface area contributed by atoms with Gasteiger partial charge in [0, 0.05) is 17.6 Å². The third-order valence-electron chi connectivity index (χ3n) is 2.75. The van der Waals surface area contributed by atoms with Crippen LogP contribution in [0.25, 0.3) is 0 Å². The number of benzene rings is 1. The molecular formula is C13H17ClN2.